The van der Waals surface area contributed by atoms with E-state index in [2.05, 4.69) is 20.7 Å². The molecule has 0 amide bonds. The molecule has 1 rings (SSSR count). The zero-order chi connectivity index (χ0) is 15.3. The molecule has 1 aromatic rings. The fourth-order valence-electron chi connectivity index (χ4n) is 1.50. The highest BCUT2D eigenvalue weighted by atomic mass is 79.9. The molecule has 1 aromatic carbocycles. The third-order valence-corrected chi connectivity index (χ3v) is 5.12. The first-order valence-electron chi connectivity index (χ1n) is 5.95. The number of Topliss-reactive ketones (excluding diaryl/α,β-unsaturated/α-hetero) is 1. The molecule has 0 saturated heterocycles. The molecule has 7 heteroatoms. The van der Waals surface area contributed by atoms with Gasteiger partial charge in [-0.2, -0.15) is 0 Å². The van der Waals surface area contributed by atoms with Crippen molar-refractivity contribution in [3.05, 3.63) is 34.3 Å². The Morgan fingerprint density at radius 3 is 2.30 bits per heavy atom. The zero-order valence-corrected chi connectivity index (χ0v) is 13.5. The molecular formula is C13H15BrO5S. The van der Waals surface area contributed by atoms with Gasteiger partial charge >= 0.3 is 5.97 Å². The van der Waals surface area contributed by atoms with E-state index in [-0.39, 0.29) is 12.2 Å². The average molecular weight is 363 g/mol. The first-order valence-corrected chi connectivity index (χ1v) is 8.45. The predicted molar refractivity (Wildman–Crippen MR) is 78.4 cm³/mol. The van der Waals surface area contributed by atoms with E-state index in [4.69, 9.17) is 0 Å². The molecule has 0 aliphatic carbocycles. The van der Waals surface area contributed by atoms with Gasteiger partial charge in [-0.25, -0.2) is 8.42 Å². The molecule has 0 heterocycles. The molecule has 5 nitrogen and oxygen atoms in total. The minimum atomic E-state index is -3.88. The van der Waals surface area contributed by atoms with E-state index >= 15 is 0 Å². The van der Waals surface area contributed by atoms with Gasteiger partial charge in [0, 0.05) is 10.0 Å². The summed E-state index contributed by atoms with van der Waals surface area (Å²) >= 11 is 3.23. The smallest absolute Gasteiger partial charge is 0.321 e. The number of sulfone groups is 1. The number of esters is 1. The van der Waals surface area contributed by atoms with Crippen molar-refractivity contribution in [2.75, 3.05) is 12.4 Å². The maximum absolute atomic E-state index is 12.1. The summed E-state index contributed by atoms with van der Waals surface area (Å²) in [5.74, 6) is -2.17. The topological polar surface area (TPSA) is 77.5 Å². The van der Waals surface area contributed by atoms with Crippen LogP contribution in [-0.2, 0) is 19.4 Å². The van der Waals surface area contributed by atoms with Gasteiger partial charge in [-0.1, -0.05) is 28.1 Å². The minimum absolute atomic E-state index is 0.101. The first-order chi connectivity index (χ1) is 9.27. The van der Waals surface area contributed by atoms with Crippen molar-refractivity contribution >= 4 is 37.5 Å². The monoisotopic (exact) mass is 362 g/mol. The number of ether oxygens (including phenoxy) is 1. The van der Waals surface area contributed by atoms with E-state index in [1.54, 1.807) is 19.1 Å². The summed E-state index contributed by atoms with van der Waals surface area (Å²) in [6, 6.07) is 6.36. The lowest BCUT2D eigenvalue weighted by Crippen LogP contribution is -2.33. The average Bonchev–Trinajstić information content (AvgIpc) is 2.37. The highest BCUT2D eigenvalue weighted by Gasteiger charge is 2.31. The molecule has 1 unspecified atom stereocenters. The Morgan fingerprint density at radius 1 is 1.25 bits per heavy atom. The molecular weight excluding hydrogens is 348 g/mol. The van der Waals surface area contributed by atoms with Gasteiger partial charge in [0.1, 0.15) is 11.0 Å². The quantitative estimate of drug-likeness (QED) is 0.571. The summed E-state index contributed by atoms with van der Waals surface area (Å²) < 4.78 is 29.3. The predicted octanol–water partition coefficient (Wildman–Crippen LogP) is 2.00. The van der Waals surface area contributed by atoms with E-state index in [1.165, 1.54) is 19.1 Å². The standard InChI is InChI=1S/C13H15BrO5S/c1-3-19-12(15)8-20(17,18)9(2)13(16)10-4-6-11(14)7-5-10/h4-7,9H,3,8H2,1-2H3. The Labute approximate surface area is 126 Å². The van der Waals surface area contributed by atoms with Gasteiger partial charge in [0.25, 0.3) is 0 Å². The Morgan fingerprint density at radius 2 is 1.80 bits per heavy atom. The number of ketones is 1. The molecule has 0 fully saturated rings. The highest BCUT2D eigenvalue weighted by molar-refractivity contribution is 9.10. The third kappa shape index (κ3) is 4.42. The summed E-state index contributed by atoms with van der Waals surface area (Å²) in [5, 5.41) is -1.28. The van der Waals surface area contributed by atoms with Crippen molar-refractivity contribution in [2.45, 2.75) is 19.1 Å². The highest BCUT2D eigenvalue weighted by Crippen LogP contribution is 2.15. The lowest BCUT2D eigenvalue weighted by molar-refractivity contribution is -0.139. The first kappa shape index (κ1) is 16.8. The Hall–Kier alpha value is -1.21. The van der Waals surface area contributed by atoms with Crippen LogP contribution in [0.4, 0.5) is 0 Å². The summed E-state index contributed by atoms with van der Waals surface area (Å²) in [7, 11) is -3.88. The number of rotatable bonds is 6. The fourth-order valence-corrected chi connectivity index (χ4v) is 2.89. The fraction of sp³-hybridized carbons (Fsp3) is 0.385. The molecule has 0 bridgehead atoms. The van der Waals surface area contributed by atoms with Gasteiger partial charge in [0.15, 0.2) is 15.6 Å². The van der Waals surface area contributed by atoms with E-state index in [1.807, 2.05) is 0 Å². The molecule has 1 atom stereocenters. The largest absolute Gasteiger partial charge is 0.465 e. The zero-order valence-electron chi connectivity index (χ0n) is 11.1. The molecule has 0 aliphatic heterocycles. The summed E-state index contributed by atoms with van der Waals surface area (Å²) in [5.41, 5.74) is 0.285. The lowest BCUT2D eigenvalue weighted by atomic mass is 10.1. The van der Waals surface area contributed by atoms with Crippen molar-refractivity contribution in [1.82, 2.24) is 0 Å². The number of hydrogen-bond acceptors (Lipinski definition) is 5. The number of halogens is 1. The van der Waals surface area contributed by atoms with Crippen LogP contribution in [-0.4, -0.2) is 37.8 Å². The summed E-state index contributed by atoms with van der Waals surface area (Å²) in [4.78, 5) is 23.3. The van der Waals surface area contributed by atoms with Crippen molar-refractivity contribution in [3.63, 3.8) is 0 Å². The summed E-state index contributed by atoms with van der Waals surface area (Å²) in [6.45, 7) is 2.96. The van der Waals surface area contributed by atoms with Crippen LogP contribution in [0.15, 0.2) is 28.7 Å². The Bertz CT molecular complexity index is 592. The van der Waals surface area contributed by atoms with Crippen LogP contribution in [0.3, 0.4) is 0 Å². The maximum Gasteiger partial charge on any atom is 0.321 e. The van der Waals surface area contributed by atoms with Gasteiger partial charge < -0.3 is 4.74 Å². The van der Waals surface area contributed by atoms with Crippen molar-refractivity contribution in [1.29, 1.82) is 0 Å². The molecule has 20 heavy (non-hydrogen) atoms. The van der Waals surface area contributed by atoms with Gasteiger partial charge in [-0.15, -0.1) is 0 Å². The van der Waals surface area contributed by atoms with Gasteiger partial charge in [-0.3, -0.25) is 9.59 Å². The number of benzene rings is 1. The van der Waals surface area contributed by atoms with E-state index < -0.39 is 32.6 Å². The van der Waals surface area contributed by atoms with Crippen molar-refractivity contribution in [3.8, 4) is 0 Å². The van der Waals surface area contributed by atoms with E-state index in [0.717, 1.165) is 4.47 Å². The second kappa shape index (κ2) is 6.99. The minimum Gasteiger partial charge on any atom is -0.465 e. The molecule has 0 N–H and O–H groups in total. The van der Waals surface area contributed by atoms with Gasteiger partial charge in [-0.05, 0) is 26.0 Å². The van der Waals surface area contributed by atoms with Gasteiger partial charge in [0.2, 0.25) is 0 Å². The van der Waals surface area contributed by atoms with Gasteiger partial charge in [0.05, 0.1) is 6.61 Å². The number of carbonyl (C=O) groups is 2. The van der Waals surface area contributed by atoms with Crippen LogP contribution in [0.5, 0.6) is 0 Å². The SMILES string of the molecule is CCOC(=O)CS(=O)(=O)C(C)C(=O)c1ccc(Br)cc1. The third-order valence-electron chi connectivity index (χ3n) is 2.66. The maximum atomic E-state index is 12.1. The summed E-state index contributed by atoms with van der Waals surface area (Å²) in [6.07, 6.45) is 0. The Kier molecular flexibility index (Phi) is 5.88. The van der Waals surface area contributed by atoms with Crippen molar-refractivity contribution < 1.29 is 22.7 Å². The van der Waals surface area contributed by atoms with Crippen molar-refractivity contribution in [2.24, 2.45) is 0 Å². The van der Waals surface area contributed by atoms with E-state index in [9.17, 15) is 18.0 Å². The number of carbonyl (C=O) groups excluding carboxylic acids is 2. The number of hydrogen-bond donors (Lipinski definition) is 0. The molecule has 0 spiro atoms. The second-order valence-electron chi connectivity index (χ2n) is 4.13. The Balaban J connectivity index is 2.87. The van der Waals surface area contributed by atoms with Crippen LogP contribution >= 0.6 is 15.9 Å². The van der Waals surface area contributed by atoms with Crippen LogP contribution < -0.4 is 0 Å². The normalized spacial score (nSPS) is 12.8. The lowest BCUT2D eigenvalue weighted by Gasteiger charge is -2.11. The van der Waals surface area contributed by atoms with Crippen LogP contribution in [0.2, 0.25) is 0 Å². The molecule has 0 aliphatic rings. The molecule has 0 aromatic heterocycles. The van der Waals surface area contributed by atoms with E-state index in [0.29, 0.717) is 0 Å². The molecule has 0 saturated carbocycles. The second-order valence-corrected chi connectivity index (χ2v) is 7.36. The molecule has 110 valence electrons. The van der Waals surface area contributed by atoms with Crippen LogP contribution in [0.1, 0.15) is 24.2 Å². The van der Waals surface area contributed by atoms with Crippen LogP contribution in [0.25, 0.3) is 0 Å². The van der Waals surface area contributed by atoms with Crippen LogP contribution in [0, 0.1) is 0 Å². The molecule has 0 radical (unpaired) electrons.